The van der Waals surface area contributed by atoms with Crippen molar-refractivity contribution in [2.75, 3.05) is 0 Å². The van der Waals surface area contributed by atoms with Crippen LogP contribution in [0.4, 0.5) is 0 Å². The molecule has 1 N–H and O–H groups in total. The van der Waals surface area contributed by atoms with Crippen LogP contribution >= 0.6 is 0 Å². The van der Waals surface area contributed by atoms with Crippen molar-refractivity contribution in [1.82, 2.24) is 0 Å². The van der Waals surface area contributed by atoms with E-state index in [1.54, 1.807) is 0 Å². The molecule has 3 atom stereocenters. The predicted octanol–water partition coefficient (Wildman–Crippen LogP) is 2.67. The van der Waals surface area contributed by atoms with E-state index in [9.17, 15) is 5.11 Å². The summed E-state index contributed by atoms with van der Waals surface area (Å²) in [6.45, 7) is 4.14. The third-order valence-electron chi connectivity index (χ3n) is 3.69. The molecule has 72 valence electrons. The summed E-state index contributed by atoms with van der Waals surface area (Å²) in [5, 5.41) is 9.65. The third-order valence-corrected chi connectivity index (χ3v) is 3.69. The van der Waals surface area contributed by atoms with Crippen molar-refractivity contribution >= 4 is 0 Å². The first-order valence-corrected chi connectivity index (χ1v) is 5.21. The number of rotatable bonds is 1. The van der Waals surface area contributed by atoms with Crippen molar-refractivity contribution < 1.29 is 5.11 Å². The molecule has 1 heteroatoms. The Hall–Kier alpha value is -0.560. The van der Waals surface area contributed by atoms with Crippen LogP contribution < -0.4 is 0 Å². The average Bonchev–Trinajstić information content (AvgIpc) is 2.41. The van der Waals surface area contributed by atoms with E-state index in [1.165, 1.54) is 18.4 Å². The lowest BCUT2D eigenvalue weighted by atomic mass is 9.69. The maximum atomic E-state index is 9.65. The smallest absolute Gasteiger partial charge is 0.0730 e. The third kappa shape index (κ3) is 1.26. The van der Waals surface area contributed by atoms with E-state index in [1.807, 2.05) is 6.92 Å². The van der Waals surface area contributed by atoms with Gasteiger partial charge in [-0.2, -0.15) is 0 Å². The van der Waals surface area contributed by atoms with Crippen LogP contribution in [-0.4, -0.2) is 11.2 Å². The van der Waals surface area contributed by atoms with Crippen molar-refractivity contribution in [3.05, 3.63) is 23.8 Å². The molecule has 0 saturated carbocycles. The summed E-state index contributed by atoms with van der Waals surface area (Å²) in [4.78, 5) is 0. The number of aliphatic hydroxyl groups excluding tert-OH is 1. The SMILES string of the molecule is CC(O)C1=CC[C@@H]2CCC=C[C@]12C. The Morgan fingerprint density at radius 3 is 3.08 bits per heavy atom. The van der Waals surface area contributed by atoms with Gasteiger partial charge in [0.15, 0.2) is 0 Å². The molecule has 0 fully saturated rings. The summed E-state index contributed by atoms with van der Waals surface area (Å²) >= 11 is 0. The predicted molar refractivity (Wildman–Crippen MR) is 54.4 cm³/mol. The van der Waals surface area contributed by atoms with Gasteiger partial charge in [0.2, 0.25) is 0 Å². The van der Waals surface area contributed by atoms with E-state index < -0.39 is 0 Å². The summed E-state index contributed by atoms with van der Waals surface area (Å²) in [6, 6.07) is 0. The number of hydrogen-bond donors (Lipinski definition) is 1. The first-order chi connectivity index (χ1) is 6.14. The molecular weight excluding hydrogens is 160 g/mol. The van der Waals surface area contributed by atoms with Crippen molar-refractivity contribution in [2.24, 2.45) is 11.3 Å². The molecule has 1 unspecified atom stereocenters. The van der Waals surface area contributed by atoms with Crippen LogP contribution in [0.3, 0.4) is 0 Å². The molecule has 0 aromatic carbocycles. The van der Waals surface area contributed by atoms with Gasteiger partial charge in [0.05, 0.1) is 6.10 Å². The van der Waals surface area contributed by atoms with Crippen LogP contribution in [0.1, 0.15) is 33.1 Å². The zero-order valence-electron chi connectivity index (χ0n) is 8.46. The zero-order valence-corrected chi connectivity index (χ0v) is 8.46. The molecule has 0 saturated heterocycles. The molecule has 2 aliphatic rings. The van der Waals surface area contributed by atoms with E-state index in [-0.39, 0.29) is 11.5 Å². The van der Waals surface area contributed by atoms with Crippen molar-refractivity contribution in [3.8, 4) is 0 Å². The van der Waals surface area contributed by atoms with Gasteiger partial charge < -0.3 is 5.11 Å². The van der Waals surface area contributed by atoms with Crippen LogP contribution in [0.2, 0.25) is 0 Å². The fourth-order valence-electron chi connectivity index (χ4n) is 2.87. The van der Waals surface area contributed by atoms with Gasteiger partial charge in [0.1, 0.15) is 0 Å². The molecule has 13 heavy (non-hydrogen) atoms. The first-order valence-electron chi connectivity index (χ1n) is 5.21. The molecule has 0 bridgehead atoms. The van der Waals surface area contributed by atoms with E-state index in [4.69, 9.17) is 0 Å². The van der Waals surface area contributed by atoms with Crippen LogP contribution in [0.25, 0.3) is 0 Å². The molecule has 0 spiro atoms. The van der Waals surface area contributed by atoms with Crippen LogP contribution in [0, 0.1) is 11.3 Å². The molecule has 0 amide bonds. The standard InChI is InChI=1S/C12H18O/c1-9(13)11-7-6-10-5-3-4-8-12(10,11)2/h4,7-10,13H,3,5-6H2,1-2H3/t9?,10-,12-/m0/s1. The molecule has 0 aromatic heterocycles. The summed E-state index contributed by atoms with van der Waals surface area (Å²) in [7, 11) is 0. The molecule has 1 nitrogen and oxygen atoms in total. The highest BCUT2D eigenvalue weighted by molar-refractivity contribution is 5.32. The first kappa shape index (κ1) is 9.01. The van der Waals surface area contributed by atoms with Gasteiger partial charge >= 0.3 is 0 Å². The molecule has 0 heterocycles. The van der Waals surface area contributed by atoms with Crippen molar-refractivity contribution in [2.45, 2.75) is 39.2 Å². The minimum absolute atomic E-state index is 0.159. The topological polar surface area (TPSA) is 20.2 Å². The van der Waals surface area contributed by atoms with Gasteiger partial charge in [-0.25, -0.2) is 0 Å². The van der Waals surface area contributed by atoms with E-state index in [2.05, 4.69) is 25.2 Å². The number of allylic oxidation sites excluding steroid dienone is 3. The minimum Gasteiger partial charge on any atom is -0.389 e. The molecule has 0 aliphatic heterocycles. The van der Waals surface area contributed by atoms with Crippen LogP contribution in [-0.2, 0) is 0 Å². The maximum absolute atomic E-state index is 9.65. The second-order valence-corrected chi connectivity index (χ2v) is 4.53. The Kier molecular flexibility index (Phi) is 2.07. The van der Waals surface area contributed by atoms with Crippen molar-refractivity contribution in [3.63, 3.8) is 0 Å². The molecular formula is C12H18O. The fraction of sp³-hybridized carbons (Fsp3) is 0.667. The Labute approximate surface area is 80.2 Å². The van der Waals surface area contributed by atoms with E-state index in [0.717, 1.165) is 12.3 Å². The van der Waals surface area contributed by atoms with Gasteiger partial charge in [-0.15, -0.1) is 0 Å². The Balaban J connectivity index is 2.32. The highest BCUT2D eigenvalue weighted by Crippen LogP contribution is 2.50. The lowest BCUT2D eigenvalue weighted by Gasteiger charge is -2.36. The Bertz CT molecular complexity index is 262. The Morgan fingerprint density at radius 1 is 1.62 bits per heavy atom. The van der Waals surface area contributed by atoms with Gasteiger partial charge in [-0.3, -0.25) is 0 Å². The normalized spacial score (nSPS) is 39.9. The molecule has 2 aliphatic carbocycles. The number of fused-ring (bicyclic) bond motifs is 1. The quantitative estimate of drug-likeness (QED) is 0.612. The second kappa shape index (κ2) is 2.98. The largest absolute Gasteiger partial charge is 0.389 e. The van der Waals surface area contributed by atoms with Gasteiger partial charge in [-0.1, -0.05) is 25.2 Å². The second-order valence-electron chi connectivity index (χ2n) is 4.53. The van der Waals surface area contributed by atoms with Gasteiger partial charge in [0, 0.05) is 5.41 Å². The summed E-state index contributed by atoms with van der Waals surface area (Å²) in [5.74, 6) is 0.738. The summed E-state index contributed by atoms with van der Waals surface area (Å²) < 4.78 is 0. The van der Waals surface area contributed by atoms with Crippen LogP contribution in [0.15, 0.2) is 23.8 Å². The lowest BCUT2D eigenvalue weighted by Crippen LogP contribution is -2.29. The van der Waals surface area contributed by atoms with Gasteiger partial charge in [0.25, 0.3) is 0 Å². The van der Waals surface area contributed by atoms with Crippen molar-refractivity contribution in [1.29, 1.82) is 0 Å². The average molecular weight is 178 g/mol. The highest BCUT2D eigenvalue weighted by Gasteiger charge is 2.41. The van der Waals surface area contributed by atoms with E-state index >= 15 is 0 Å². The minimum atomic E-state index is -0.280. The molecule has 0 aromatic rings. The lowest BCUT2D eigenvalue weighted by molar-refractivity contribution is 0.187. The van der Waals surface area contributed by atoms with Gasteiger partial charge in [-0.05, 0) is 37.7 Å². The zero-order chi connectivity index (χ0) is 9.47. The highest BCUT2D eigenvalue weighted by atomic mass is 16.3. The number of aliphatic hydroxyl groups is 1. The van der Waals surface area contributed by atoms with Crippen LogP contribution in [0.5, 0.6) is 0 Å². The summed E-state index contributed by atoms with van der Waals surface area (Å²) in [5.41, 5.74) is 1.39. The summed E-state index contributed by atoms with van der Waals surface area (Å²) in [6.07, 6.45) is 10.2. The fourth-order valence-corrected chi connectivity index (χ4v) is 2.87. The maximum Gasteiger partial charge on any atom is 0.0730 e. The molecule has 2 rings (SSSR count). The Morgan fingerprint density at radius 2 is 2.38 bits per heavy atom. The number of hydrogen-bond acceptors (Lipinski definition) is 1. The van der Waals surface area contributed by atoms with E-state index in [0.29, 0.717) is 0 Å². The monoisotopic (exact) mass is 178 g/mol. The molecule has 0 radical (unpaired) electrons.